The molecule has 2 N–H and O–H groups in total. The van der Waals surface area contributed by atoms with E-state index in [4.69, 9.17) is 5.11 Å². The smallest absolute Gasteiger partial charge is 0.303 e. The summed E-state index contributed by atoms with van der Waals surface area (Å²) in [5.74, 6) is -0.243. The van der Waals surface area contributed by atoms with E-state index in [0.29, 0.717) is 18.4 Å². The van der Waals surface area contributed by atoms with Crippen LogP contribution in [0.15, 0.2) is 24.3 Å². The lowest BCUT2D eigenvalue weighted by Gasteiger charge is -2.23. The number of aliphatic carboxylic acids is 1. The lowest BCUT2D eigenvalue weighted by molar-refractivity contribution is -0.137. The van der Waals surface area contributed by atoms with E-state index in [9.17, 15) is 4.79 Å². The van der Waals surface area contributed by atoms with Crippen LogP contribution >= 0.6 is 0 Å². The standard InChI is InChI=1S/C16H25NO2/c1-4-13-7-9-14(10-8-13)16(12(2)3)17-11-5-6-15(18)19/h7-10,12,16-17H,4-6,11H2,1-3H3,(H,18,19). The fraction of sp³-hybridized carbons (Fsp3) is 0.562. The van der Waals surface area contributed by atoms with Gasteiger partial charge in [-0.25, -0.2) is 0 Å². The molecule has 0 aliphatic rings. The molecule has 1 rings (SSSR count). The molecule has 0 heterocycles. The second-order valence-corrected chi connectivity index (χ2v) is 5.27. The molecule has 0 aliphatic carbocycles. The molecule has 1 aromatic carbocycles. The van der Waals surface area contributed by atoms with Gasteiger partial charge in [-0.3, -0.25) is 4.79 Å². The predicted octanol–water partition coefficient (Wildman–Crippen LogP) is 3.40. The molecule has 3 nitrogen and oxygen atoms in total. The SMILES string of the molecule is CCc1ccc(C(NCCCC(=O)O)C(C)C)cc1. The molecule has 106 valence electrons. The van der Waals surface area contributed by atoms with E-state index in [1.807, 2.05) is 0 Å². The lowest BCUT2D eigenvalue weighted by Crippen LogP contribution is -2.27. The van der Waals surface area contributed by atoms with Gasteiger partial charge in [0.1, 0.15) is 0 Å². The van der Waals surface area contributed by atoms with Crippen LogP contribution in [0.5, 0.6) is 0 Å². The van der Waals surface area contributed by atoms with Crippen LogP contribution < -0.4 is 5.32 Å². The zero-order valence-corrected chi connectivity index (χ0v) is 12.1. The van der Waals surface area contributed by atoms with Crippen LogP contribution in [0.2, 0.25) is 0 Å². The molecular weight excluding hydrogens is 238 g/mol. The van der Waals surface area contributed by atoms with Gasteiger partial charge >= 0.3 is 5.97 Å². The van der Waals surface area contributed by atoms with E-state index >= 15 is 0 Å². The quantitative estimate of drug-likeness (QED) is 0.707. The molecule has 0 aliphatic heterocycles. The van der Waals surface area contributed by atoms with Crippen molar-refractivity contribution in [2.75, 3.05) is 6.54 Å². The number of benzene rings is 1. The number of carbonyl (C=O) groups is 1. The molecule has 0 spiro atoms. The molecule has 1 unspecified atom stereocenters. The van der Waals surface area contributed by atoms with Crippen LogP contribution in [-0.4, -0.2) is 17.6 Å². The van der Waals surface area contributed by atoms with Gasteiger partial charge in [-0.05, 0) is 36.4 Å². The highest BCUT2D eigenvalue weighted by Crippen LogP contribution is 2.22. The van der Waals surface area contributed by atoms with E-state index in [1.54, 1.807) is 0 Å². The Bertz CT molecular complexity index is 384. The van der Waals surface area contributed by atoms with Crippen LogP contribution in [0.25, 0.3) is 0 Å². The van der Waals surface area contributed by atoms with E-state index in [2.05, 4.69) is 50.4 Å². The lowest BCUT2D eigenvalue weighted by atomic mass is 9.95. The molecule has 1 aromatic rings. The highest BCUT2D eigenvalue weighted by Gasteiger charge is 2.14. The molecule has 0 saturated heterocycles. The molecule has 0 bridgehead atoms. The first-order chi connectivity index (χ1) is 9.04. The minimum absolute atomic E-state index is 0.229. The van der Waals surface area contributed by atoms with Gasteiger partial charge in [0.05, 0.1) is 0 Å². The largest absolute Gasteiger partial charge is 0.481 e. The van der Waals surface area contributed by atoms with Crippen molar-refractivity contribution in [1.82, 2.24) is 5.32 Å². The van der Waals surface area contributed by atoms with E-state index in [-0.39, 0.29) is 6.42 Å². The van der Waals surface area contributed by atoms with Gasteiger partial charge in [0.15, 0.2) is 0 Å². The summed E-state index contributed by atoms with van der Waals surface area (Å²) in [5.41, 5.74) is 2.62. The highest BCUT2D eigenvalue weighted by atomic mass is 16.4. The Labute approximate surface area is 116 Å². The monoisotopic (exact) mass is 263 g/mol. The van der Waals surface area contributed by atoms with E-state index in [1.165, 1.54) is 11.1 Å². The van der Waals surface area contributed by atoms with Gasteiger partial charge in [-0.2, -0.15) is 0 Å². The Morgan fingerprint density at radius 1 is 1.26 bits per heavy atom. The summed E-state index contributed by atoms with van der Waals surface area (Å²) in [5, 5.41) is 12.1. The maximum atomic E-state index is 10.5. The van der Waals surface area contributed by atoms with Crippen LogP contribution in [0.1, 0.15) is 50.8 Å². The van der Waals surface area contributed by atoms with Gasteiger partial charge in [0, 0.05) is 12.5 Å². The number of carboxylic acids is 1. The van der Waals surface area contributed by atoms with Crippen molar-refractivity contribution >= 4 is 5.97 Å². The fourth-order valence-electron chi connectivity index (χ4n) is 2.20. The fourth-order valence-corrected chi connectivity index (χ4v) is 2.20. The third kappa shape index (κ3) is 5.43. The summed E-state index contributed by atoms with van der Waals surface area (Å²) in [4.78, 5) is 10.5. The molecule has 1 atom stereocenters. The highest BCUT2D eigenvalue weighted by molar-refractivity contribution is 5.66. The Morgan fingerprint density at radius 3 is 2.37 bits per heavy atom. The third-order valence-corrected chi connectivity index (χ3v) is 3.35. The Balaban J connectivity index is 2.58. The van der Waals surface area contributed by atoms with Crippen molar-refractivity contribution in [2.45, 2.75) is 46.1 Å². The van der Waals surface area contributed by atoms with Gasteiger partial charge in [0.2, 0.25) is 0 Å². The zero-order valence-electron chi connectivity index (χ0n) is 12.1. The first kappa shape index (κ1) is 15.7. The Hall–Kier alpha value is -1.35. The topological polar surface area (TPSA) is 49.3 Å². The molecule has 0 aromatic heterocycles. The van der Waals surface area contributed by atoms with Crippen LogP contribution in [0.4, 0.5) is 0 Å². The summed E-state index contributed by atoms with van der Waals surface area (Å²) < 4.78 is 0. The molecule has 0 saturated carbocycles. The van der Waals surface area contributed by atoms with Crippen LogP contribution in [-0.2, 0) is 11.2 Å². The number of rotatable bonds is 8. The maximum Gasteiger partial charge on any atom is 0.303 e. The minimum atomic E-state index is -0.727. The predicted molar refractivity (Wildman–Crippen MR) is 78.3 cm³/mol. The second kappa shape index (κ2) is 7.95. The van der Waals surface area contributed by atoms with Crippen molar-refractivity contribution in [3.8, 4) is 0 Å². The second-order valence-electron chi connectivity index (χ2n) is 5.27. The molecule has 0 amide bonds. The maximum absolute atomic E-state index is 10.5. The van der Waals surface area contributed by atoms with Gasteiger partial charge < -0.3 is 10.4 Å². The average Bonchev–Trinajstić information content (AvgIpc) is 2.38. The van der Waals surface area contributed by atoms with Gasteiger partial charge in [0.25, 0.3) is 0 Å². The normalized spacial score (nSPS) is 12.6. The summed E-state index contributed by atoms with van der Waals surface area (Å²) in [6, 6.07) is 8.98. The first-order valence-corrected chi connectivity index (χ1v) is 7.08. The van der Waals surface area contributed by atoms with Crippen molar-refractivity contribution in [2.24, 2.45) is 5.92 Å². The molecule has 0 radical (unpaired) electrons. The number of carboxylic acid groups (broad SMARTS) is 1. The molecule has 0 fully saturated rings. The zero-order chi connectivity index (χ0) is 14.3. The third-order valence-electron chi connectivity index (χ3n) is 3.35. The Kier molecular flexibility index (Phi) is 6.57. The van der Waals surface area contributed by atoms with Crippen molar-refractivity contribution in [3.63, 3.8) is 0 Å². The molecule has 3 heteroatoms. The average molecular weight is 263 g/mol. The van der Waals surface area contributed by atoms with Crippen LogP contribution in [0, 0.1) is 5.92 Å². The summed E-state index contributed by atoms with van der Waals surface area (Å²) in [6.07, 6.45) is 1.96. The van der Waals surface area contributed by atoms with E-state index in [0.717, 1.165) is 13.0 Å². The number of hydrogen-bond donors (Lipinski definition) is 2. The molecular formula is C16H25NO2. The van der Waals surface area contributed by atoms with Crippen molar-refractivity contribution in [1.29, 1.82) is 0 Å². The summed E-state index contributed by atoms with van der Waals surface area (Å²) in [6.45, 7) is 7.26. The number of aryl methyl sites for hydroxylation is 1. The van der Waals surface area contributed by atoms with Gasteiger partial charge in [-0.15, -0.1) is 0 Å². The van der Waals surface area contributed by atoms with Gasteiger partial charge in [-0.1, -0.05) is 45.0 Å². The van der Waals surface area contributed by atoms with Crippen molar-refractivity contribution < 1.29 is 9.90 Å². The molecule has 19 heavy (non-hydrogen) atoms. The van der Waals surface area contributed by atoms with E-state index < -0.39 is 5.97 Å². The summed E-state index contributed by atoms with van der Waals surface area (Å²) >= 11 is 0. The number of hydrogen-bond acceptors (Lipinski definition) is 2. The number of nitrogens with one attached hydrogen (secondary N) is 1. The van der Waals surface area contributed by atoms with Crippen LogP contribution in [0.3, 0.4) is 0 Å². The summed E-state index contributed by atoms with van der Waals surface area (Å²) in [7, 11) is 0. The minimum Gasteiger partial charge on any atom is -0.481 e. The first-order valence-electron chi connectivity index (χ1n) is 7.08. The van der Waals surface area contributed by atoms with Crippen molar-refractivity contribution in [3.05, 3.63) is 35.4 Å². The Morgan fingerprint density at radius 2 is 1.89 bits per heavy atom.